The molecular weight excluding hydrogens is 442 g/mol. The average molecular weight is 475 g/mol. The smallest absolute Gasteiger partial charge is 0.222 e. The van der Waals surface area contributed by atoms with Gasteiger partial charge in [0.2, 0.25) is 5.91 Å². The Bertz CT molecular complexity index is 1100. The summed E-state index contributed by atoms with van der Waals surface area (Å²) in [5, 5.41) is 0. The monoisotopic (exact) mass is 474 g/mol. The van der Waals surface area contributed by atoms with Crippen LogP contribution in [0.5, 0.6) is 0 Å². The summed E-state index contributed by atoms with van der Waals surface area (Å²) in [5.41, 5.74) is 2.94. The highest BCUT2D eigenvalue weighted by Crippen LogP contribution is 2.34. The second kappa shape index (κ2) is 10.7. The summed E-state index contributed by atoms with van der Waals surface area (Å²) in [5.74, 6) is 0.0845. The van der Waals surface area contributed by atoms with Crippen molar-refractivity contribution >= 4 is 5.91 Å². The molecule has 0 unspecified atom stereocenters. The first-order valence-corrected chi connectivity index (χ1v) is 12.6. The number of piperidine rings is 2. The van der Waals surface area contributed by atoms with E-state index >= 15 is 0 Å². The zero-order chi connectivity index (χ0) is 24.2. The Morgan fingerprint density at radius 3 is 2.26 bits per heavy atom. The Labute approximate surface area is 206 Å². The van der Waals surface area contributed by atoms with E-state index in [0.717, 1.165) is 45.0 Å². The second-order valence-corrected chi connectivity index (χ2v) is 9.88. The van der Waals surface area contributed by atoms with E-state index in [4.69, 9.17) is 0 Å². The van der Waals surface area contributed by atoms with Crippen molar-refractivity contribution in [3.63, 3.8) is 0 Å². The van der Waals surface area contributed by atoms with Crippen LogP contribution in [-0.2, 0) is 11.3 Å². The zero-order valence-corrected chi connectivity index (χ0v) is 20.0. The van der Waals surface area contributed by atoms with Crippen LogP contribution >= 0.6 is 0 Å². The third-order valence-corrected chi connectivity index (χ3v) is 7.69. The molecule has 1 amide bonds. The van der Waals surface area contributed by atoms with Crippen LogP contribution in [0.2, 0.25) is 0 Å². The molecule has 0 aromatic heterocycles. The molecule has 0 bridgehead atoms. The first-order chi connectivity index (χ1) is 17.1. The van der Waals surface area contributed by atoms with Crippen molar-refractivity contribution in [3.05, 3.63) is 107 Å². The summed E-state index contributed by atoms with van der Waals surface area (Å²) >= 11 is 0. The molecule has 3 nitrogen and oxygen atoms in total. The van der Waals surface area contributed by atoms with Crippen molar-refractivity contribution in [1.82, 2.24) is 9.80 Å². The van der Waals surface area contributed by atoms with E-state index < -0.39 is 5.82 Å². The van der Waals surface area contributed by atoms with Crippen molar-refractivity contribution in [3.8, 4) is 0 Å². The first kappa shape index (κ1) is 23.7. The van der Waals surface area contributed by atoms with Gasteiger partial charge in [-0.25, -0.2) is 8.78 Å². The maximum atomic E-state index is 14.2. The highest BCUT2D eigenvalue weighted by molar-refractivity contribution is 5.77. The van der Waals surface area contributed by atoms with Gasteiger partial charge in [-0.15, -0.1) is 0 Å². The molecule has 5 rings (SSSR count). The summed E-state index contributed by atoms with van der Waals surface area (Å²) < 4.78 is 27.8. The zero-order valence-electron chi connectivity index (χ0n) is 20.0. The van der Waals surface area contributed by atoms with Crippen molar-refractivity contribution in [2.24, 2.45) is 5.92 Å². The second-order valence-electron chi connectivity index (χ2n) is 9.88. The lowest BCUT2D eigenvalue weighted by Crippen LogP contribution is -2.56. The summed E-state index contributed by atoms with van der Waals surface area (Å²) in [4.78, 5) is 17.3. The van der Waals surface area contributed by atoms with Crippen LogP contribution in [0, 0.1) is 17.6 Å². The van der Waals surface area contributed by atoms with Crippen LogP contribution in [-0.4, -0.2) is 41.4 Å². The first-order valence-electron chi connectivity index (χ1n) is 12.6. The predicted molar refractivity (Wildman–Crippen MR) is 134 cm³/mol. The Morgan fingerprint density at radius 1 is 0.886 bits per heavy atom. The SMILES string of the molecule is O=C1CC[C@@H]2CN(Cc3cc(F)ccc3F)CC[C@@H]2N1CCC(c1ccccc1)c1ccccc1. The normalized spacial score (nSPS) is 20.8. The molecule has 2 aliphatic rings. The van der Waals surface area contributed by atoms with Gasteiger partial charge in [0, 0.05) is 50.1 Å². The molecular formula is C30H32F2N2O. The Kier molecular flexibility index (Phi) is 7.24. The quantitative estimate of drug-likeness (QED) is 0.419. The molecule has 2 aliphatic heterocycles. The Hall–Kier alpha value is -3.05. The van der Waals surface area contributed by atoms with Gasteiger partial charge in [0.25, 0.3) is 0 Å². The van der Waals surface area contributed by atoms with Gasteiger partial charge in [-0.2, -0.15) is 0 Å². The van der Waals surface area contributed by atoms with Crippen molar-refractivity contribution < 1.29 is 13.6 Å². The topological polar surface area (TPSA) is 23.6 Å². The van der Waals surface area contributed by atoms with E-state index in [1.54, 1.807) is 0 Å². The standard InChI is InChI=1S/C30H32F2N2O/c31-26-12-13-28(32)25(19-26)21-33-17-16-29-24(20-33)11-14-30(35)34(29)18-15-27(22-7-3-1-4-8-22)23-9-5-2-6-10-23/h1-10,12-13,19,24,27,29H,11,14-18,20-21H2/t24-,29+/m1/s1. The lowest BCUT2D eigenvalue weighted by Gasteiger charge is -2.47. The molecule has 0 spiro atoms. The van der Waals surface area contributed by atoms with Gasteiger partial charge < -0.3 is 4.90 Å². The number of fused-ring (bicyclic) bond motifs is 1. The van der Waals surface area contributed by atoms with Gasteiger partial charge in [-0.1, -0.05) is 60.7 Å². The van der Waals surface area contributed by atoms with Crippen LogP contribution < -0.4 is 0 Å². The van der Waals surface area contributed by atoms with Gasteiger partial charge in [0.1, 0.15) is 11.6 Å². The van der Waals surface area contributed by atoms with Crippen molar-refractivity contribution in [2.75, 3.05) is 19.6 Å². The van der Waals surface area contributed by atoms with Crippen molar-refractivity contribution in [1.29, 1.82) is 0 Å². The third-order valence-electron chi connectivity index (χ3n) is 7.69. The molecule has 182 valence electrons. The molecule has 0 aliphatic carbocycles. The molecule has 2 atom stereocenters. The fourth-order valence-electron chi connectivity index (χ4n) is 5.93. The maximum Gasteiger partial charge on any atom is 0.222 e. The lowest BCUT2D eigenvalue weighted by molar-refractivity contribution is -0.141. The van der Waals surface area contributed by atoms with Gasteiger partial charge in [0.15, 0.2) is 0 Å². The van der Waals surface area contributed by atoms with E-state index in [2.05, 4.69) is 58.3 Å². The van der Waals surface area contributed by atoms with E-state index in [0.29, 0.717) is 24.4 Å². The molecule has 0 saturated carbocycles. The largest absolute Gasteiger partial charge is 0.339 e. The van der Waals surface area contributed by atoms with E-state index in [-0.39, 0.29) is 23.7 Å². The van der Waals surface area contributed by atoms with Gasteiger partial charge >= 0.3 is 0 Å². The number of hydrogen-bond donors (Lipinski definition) is 0. The molecule has 5 heteroatoms. The van der Waals surface area contributed by atoms with Gasteiger partial charge in [-0.3, -0.25) is 9.69 Å². The summed E-state index contributed by atoms with van der Waals surface area (Å²) in [7, 11) is 0. The Morgan fingerprint density at radius 2 is 1.57 bits per heavy atom. The highest BCUT2D eigenvalue weighted by atomic mass is 19.1. The Balaban J connectivity index is 1.27. The number of rotatable bonds is 7. The fourth-order valence-corrected chi connectivity index (χ4v) is 5.93. The fraction of sp³-hybridized carbons (Fsp3) is 0.367. The maximum absolute atomic E-state index is 14.2. The molecule has 2 fully saturated rings. The van der Waals surface area contributed by atoms with E-state index in [1.807, 2.05) is 12.1 Å². The van der Waals surface area contributed by atoms with Crippen LogP contribution in [0.4, 0.5) is 8.78 Å². The number of benzene rings is 3. The minimum absolute atomic E-state index is 0.219. The van der Waals surface area contributed by atoms with Crippen LogP contribution in [0.25, 0.3) is 0 Å². The summed E-state index contributed by atoms with van der Waals surface area (Å²) in [6.45, 7) is 2.73. The molecule has 35 heavy (non-hydrogen) atoms. The highest BCUT2D eigenvalue weighted by Gasteiger charge is 2.39. The molecule has 3 aromatic carbocycles. The van der Waals surface area contributed by atoms with Gasteiger partial charge in [-0.05, 0) is 54.5 Å². The van der Waals surface area contributed by atoms with Crippen LogP contribution in [0.3, 0.4) is 0 Å². The number of carbonyl (C=O) groups excluding carboxylic acids is 1. The summed E-state index contributed by atoms with van der Waals surface area (Å²) in [6.07, 6.45) is 3.17. The van der Waals surface area contributed by atoms with Crippen LogP contribution in [0.15, 0.2) is 78.9 Å². The molecule has 2 saturated heterocycles. The molecule has 0 N–H and O–H groups in total. The predicted octanol–water partition coefficient (Wildman–Crippen LogP) is 6.00. The minimum Gasteiger partial charge on any atom is -0.339 e. The third kappa shape index (κ3) is 5.46. The number of nitrogens with zero attached hydrogens (tertiary/aromatic N) is 2. The molecule has 3 aromatic rings. The van der Waals surface area contributed by atoms with Crippen LogP contribution in [0.1, 0.15) is 48.3 Å². The number of halogens is 2. The van der Waals surface area contributed by atoms with Crippen molar-refractivity contribution in [2.45, 2.75) is 44.2 Å². The van der Waals surface area contributed by atoms with E-state index in [1.165, 1.54) is 23.3 Å². The number of amides is 1. The molecule has 2 heterocycles. The van der Waals surface area contributed by atoms with Gasteiger partial charge in [0.05, 0.1) is 0 Å². The number of likely N-dealkylation sites (tertiary alicyclic amines) is 2. The number of carbonyl (C=O) groups is 1. The summed E-state index contributed by atoms with van der Waals surface area (Å²) in [6, 6.07) is 24.9. The van der Waals surface area contributed by atoms with E-state index in [9.17, 15) is 13.6 Å². The average Bonchev–Trinajstić information content (AvgIpc) is 2.89. The minimum atomic E-state index is -0.405. The number of hydrogen-bond acceptors (Lipinski definition) is 2. The molecule has 0 radical (unpaired) electrons. The lowest BCUT2D eigenvalue weighted by atomic mass is 9.82.